The quantitative estimate of drug-likeness (QED) is 0.920. The molecule has 0 radical (unpaired) electrons. The maximum atomic E-state index is 13.8. The fourth-order valence-electron chi connectivity index (χ4n) is 2.22. The lowest BCUT2D eigenvalue weighted by molar-refractivity contribution is 0.171. The highest BCUT2D eigenvalue weighted by Gasteiger charge is 2.22. The molecule has 0 aliphatic carbocycles. The molecule has 0 saturated heterocycles. The van der Waals surface area contributed by atoms with Crippen LogP contribution in [0.1, 0.15) is 17.2 Å². The maximum absolute atomic E-state index is 13.8. The fourth-order valence-corrected chi connectivity index (χ4v) is 2.73. The molecule has 1 aliphatic heterocycles. The number of rotatable bonds is 3. The van der Waals surface area contributed by atoms with Gasteiger partial charge in [-0.1, -0.05) is 29.3 Å². The van der Waals surface area contributed by atoms with Crippen LogP contribution >= 0.6 is 23.2 Å². The van der Waals surface area contributed by atoms with E-state index in [0.29, 0.717) is 22.1 Å². The number of benzene rings is 2. The van der Waals surface area contributed by atoms with Crippen molar-refractivity contribution in [2.24, 2.45) is 0 Å². The Morgan fingerprint density at radius 2 is 2.00 bits per heavy atom. The molecule has 110 valence electrons. The summed E-state index contributed by atoms with van der Waals surface area (Å²) in [6.45, 7) is 0.0910. The van der Waals surface area contributed by atoms with Gasteiger partial charge >= 0.3 is 0 Å². The molecule has 3 nitrogen and oxygen atoms in total. The lowest BCUT2D eigenvalue weighted by Gasteiger charge is -2.14. The van der Waals surface area contributed by atoms with Crippen LogP contribution in [-0.4, -0.2) is 11.9 Å². The van der Waals surface area contributed by atoms with Crippen LogP contribution < -0.4 is 9.47 Å². The van der Waals surface area contributed by atoms with Gasteiger partial charge in [0.25, 0.3) is 0 Å². The lowest BCUT2D eigenvalue weighted by Crippen LogP contribution is -2.04. The molecule has 0 bridgehead atoms. The third-order valence-electron chi connectivity index (χ3n) is 3.29. The maximum Gasteiger partial charge on any atom is 0.231 e. The monoisotopic (exact) mass is 328 g/mol. The highest BCUT2D eigenvalue weighted by atomic mass is 35.5. The zero-order valence-electron chi connectivity index (χ0n) is 10.8. The first-order chi connectivity index (χ1) is 10.1. The minimum absolute atomic E-state index is 0.0431. The molecule has 1 aliphatic rings. The average Bonchev–Trinajstić information content (AvgIpc) is 2.91. The number of halogens is 3. The molecule has 1 heterocycles. The third kappa shape index (κ3) is 2.79. The molecule has 0 fully saturated rings. The van der Waals surface area contributed by atoms with Crippen LogP contribution in [0.5, 0.6) is 11.5 Å². The number of fused-ring (bicyclic) bond motifs is 1. The predicted octanol–water partition coefficient (Wildman–Crippen LogP) is 4.14. The summed E-state index contributed by atoms with van der Waals surface area (Å²) in [7, 11) is 0. The van der Waals surface area contributed by atoms with Gasteiger partial charge < -0.3 is 14.6 Å². The number of hydrogen-bond acceptors (Lipinski definition) is 3. The highest BCUT2D eigenvalue weighted by molar-refractivity contribution is 6.32. The van der Waals surface area contributed by atoms with Gasteiger partial charge in [0.15, 0.2) is 11.5 Å². The van der Waals surface area contributed by atoms with Gasteiger partial charge in [-0.3, -0.25) is 0 Å². The summed E-state index contributed by atoms with van der Waals surface area (Å²) in [6.07, 6.45) is -0.909. The van der Waals surface area contributed by atoms with Gasteiger partial charge in [-0.2, -0.15) is 0 Å². The molecule has 0 aromatic heterocycles. The summed E-state index contributed by atoms with van der Waals surface area (Å²) in [5, 5.41) is 10.9. The van der Waals surface area contributed by atoms with Crippen molar-refractivity contribution in [1.82, 2.24) is 0 Å². The topological polar surface area (TPSA) is 38.7 Å². The van der Waals surface area contributed by atoms with Crippen LogP contribution in [0.15, 0.2) is 30.3 Å². The van der Waals surface area contributed by atoms with Crippen LogP contribution in [0.2, 0.25) is 10.0 Å². The molecule has 2 aromatic rings. The lowest BCUT2D eigenvalue weighted by atomic mass is 10.0. The third-order valence-corrected chi connectivity index (χ3v) is 3.93. The molecule has 0 amide bonds. The van der Waals surface area contributed by atoms with Crippen molar-refractivity contribution < 1.29 is 19.0 Å². The van der Waals surface area contributed by atoms with Gasteiger partial charge in [0, 0.05) is 17.0 Å². The molecular weight excluding hydrogens is 318 g/mol. The minimum Gasteiger partial charge on any atom is -0.454 e. The summed E-state index contributed by atoms with van der Waals surface area (Å²) in [4.78, 5) is 0. The first-order valence-electron chi connectivity index (χ1n) is 6.26. The molecule has 1 atom stereocenters. The van der Waals surface area contributed by atoms with Crippen molar-refractivity contribution >= 4 is 23.2 Å². The Balaban J connectivity index is 1.89. The second-order valence-electron chi connectivity index (χ2n) is 4.66. The minimum atomic E-state index is -0.952. The van der Waals surface area contributed by atoms with E-state index in [1.54, 1.807) is 18.2 Å². The van der Waals surface area contributed by atoms with E-state index in [-0.39, 0.29) is 23.8 Å². The summed E-state index contributed by atoms with van der Waals surface area (Å²) in [5.41, 5.74) is 0.782. The smallest absolute Gasteiger partial charge is 0.231 e. The average molecular weight is 329 g/mol. The van der Waals surface area contributed by atoms with Gasteiger partial charge in [-0.25, -0.2) is 4.39 Å². The van der Waals surface area contributed by atoms with Gasteiger partial charge in [0.05, 0.1) is 11.1 Å². The Morgan fingerprint density at radius 1 is 1.19 bits per heavy atom. The number of aliphatic hydroxyl groups is 1. The summed E-state index contributed by atoms with van der Waals surface area (Å²) < 4.78 is 24.2. The molecule has 3 rings (SSSR count). The first kappa shape index (κ1) is 14.4. The van der Waals surface area contributed by atoms with E-state index in [1.165, 1.54) is 12.1 Å². The normalized spacial score (nSPS) is 14.3. The molecular formula is C15H11Cl2FO3. The summed E-state index contributed by atoms with van der Waals surface area (Å²) in [6, 6.07) is 7.62. The zero-order valence-corrected chi connectivity index (χ0v) is 12.3. The molecule has 1 N–H and O–H groups in total. The fraction of sp³-hybridized carbons (Fsp3) is 0.200. The van der Waals surface area contributed by atoms with Crippen molar-refractivity contribution in [3.8, 4) is 11.5 Å². The van der Waals surface area contributed by atoms with Crippen LogP contribution in [0.3, 0.4) is 0 Å². The van der Waals surface area contributed by atoms with E-state index >= 15 is 0 Å². The van der Waals surface area contributed by atoms with Crippen LogP contribution in [0.25, 0.3) is 0 Å². The van der Waals surface area contributed by atoms with Gasteiger partial charge in [-0.15, -0.1) is 0 Å². The Morgan fingerprint density at radius 3 is 2.76 bits per heavy atom. The molecule has 0 saturated carbocycles. The predicted molar refractivity (Wildman–Crippen MR) is 77.6 cm³/mol. The molecule has 6 heteroatoms. The van der Waals surface area contributed by atoms with Crippen LogP contribution in [0.4, 0.5) is 4.39 Å². The van der Waals surface area contributed by atoms with E-state index in [9.17, 15) is 9.50 Å². The molecule has 2 aromatic carbocycles. The standard InChI is InChI=1S/C15H11Cl2FO3/c16-10-2-1-3-12(18)9(10)6-13(19)8-4-11(17)15-14(5-8)20-7-21-15/h1-5,13,19H,6-7H2. The Labute approximate surface area is 130 Å². The number of aliphatic hydroxyl groups excluding tert-OH is 1. The van der Waals surface area contributed by atoms with Gasteiger partial charge in [0.2, 0.25) is 6.79 Å². The van der Waals surface area contributed by atoms with E-state index in [2.05, 4.69) is 0 Å². The van der Waals surface area contributed by atoms with Gasteiger partial charge in [-0.05, 0) is 29.8 Å². The van der Waals surface area contributed by atoms with E-state index in [4.69, 9.17) is 32.7 Å². The van der Waals surface area contributed by atoms with E-state index in [0.717, 1.165) is 0 Å². The van der Waals surface area contributed by atoms with Crippen LogP contribution in [-0.2, 0) is 6.42 Å². The van der Waals surface area contributed by atoms with Crippen molar-refractivity contribution in [3.63, 3.8) is 0 Å². The second-order valence-corrected chi connectivity index (χ2v) is 5.47. The SMILES string of the molecule is OC(Cc1c(F)cccc1Cl)c1cc(Cl)c2c(c1)OCO2. The Bertz CT molecular complexity index is 671. The summed E-state index contributed by atoms with van der Waals surface area (Å²) >= 11 is 12.0. The van der Waals surface area contributed by atoms with E-state index in [1.807, 2.05) is 0 Å². The van der Waals surface area contributed by atoms with E-state index < -0.39 is 11.9 Å². The Kier molecular flexibility index (Phi) is 3.93. The van der Waals surface area contributed by atoms with Crippen LogP contribution in [0, 0.1) is 5.82 Å². The van der Waals surface area contributed by atoms with Crippen molar-refractivity contribution in [2.45, 2.75) is 12.5 Å². The van der Waals surface area contributed by atoms with Crippen molar-refractivity contribution in [2.75, 3.05) is 6.79 Å². The van der Waals surface area contributed by atoms with Crippen molar-refractivity contribution in [1.29, 1.82) is 0 Å². The highest BCUT2D eigenvalue weighted by Crippen LogP contribution is 2.41. The summed E-state index contributed by atoms with van der Waals surface area (Å²) in [5.74, 6) is 0.473. The molecule has 1 unspecified atom stereocenters. The van der Waals surface area contributed by atoms with Crippen molar-refractivity contribution in [3.05, 3.63) is 57.3 Å². The molecule has 21 heavy (non-hydrogen) atoms. The first-order valence-corrected chi connectivity index (χ1v) is 7.02. The van der Waals surface area contributed by atoms with Gasteiger partial charge in [0.1, 0.15) is 5.82 Å². The molecule has 0 spiro atoms. The zero-order chi connectivity index (χ0) is 15.0. The largest absolute Gasteiger partial charge is 0.454 e. The number of hydrogen-bond donors (Lipinski definition) is 1. The second kappa shape index (κ2) is 5.72. The number of ether oxygens (including phenoxy) is 2. The Hall–Kier alpha value is -1.49.